The van der Waals surface area contributed by atoms with Gasteiger partial charge in [0.05, 0.1) is 19.2 Å². The van der Waals surface area contributed by atoms with Crippen molar-refractivity contribution >= 4 is 28.5 Å². The van der Waals surface area contributed by atoms with Gasteiger partial charge in [-0.25, -0.2) is 4.68 Å². The van der Waals surface area contributed by atoms with E-state index in [-0.39, 0.29) is 18.4 Å². The lowest BCUT2D eigenvalue weighted by molar-refractivity contribution is -0.127. The van der Waals surface area contributed by atoms with Crippen molar-refractivity contribution in [2.24, 2.45) is 0 Å². The van der Waals surface area contributed by atoms with Crippen LogP contribution < -0.4 is 15.0 Å². The molecule has 0 spiro atoms. The SMILES string of the molecule is COCCNC(=O)[C@H](c1ccc(C)cc1)N(C(=O)Cn1nnc2ccccc21)c1cccc(OC)c1. The number of ether oxygens (including phenoxy) is 2. The lowest BCUT2D eigenvalue weighted by Gasteiger charge is -2.32. The van der Waals surface area contributed by atoms with Crippen LogP contribution in [-0.4, -0.2) is 54.2 Å². The van der Waals surface area contributed by atoms with Crippen LogP contribution in [0, 0.1) is 6.92 Å². The van der Waals surface area contributed by atoms with Crippen molar-refractivity contribution in [2.45, 2.75) is 19.5 Å². The third kappa shape index (κ3) is 5.52. The fourth-order valence-corrected chi connectivity index (χ4v) is 3.98. The van der Waals surface area contributed by atoms with Gasteiger partial charge in [-0.2, -0.15) is 0 Å². The minimum Gasteiger partial charge on any atom is -0.497 e. The van der Waals surface area contributed by atoms with E-state index in [9.17, 15) is 9.59 Å². The molecule has 9 nitrogen and oxygen atoms in total. The van der Waals surface area contributed by atoms with E-state index < -0.39 is 6.04 Å². The molecule has 0 aliphatic rings. The average Bonchev–Trinajstić information content (AvgIpc) is 3.30. The standard InChI is InChI=1S/C27H29N5O4/c1-19-11-13-20(14-12-19)26(27(34)28-15-16-35-2)32(21-7-6-8-22(17-21)36-3)25(33)18-31-24-10-5-4-9-23(24)29-30-31/h4-14,17,26H,15-16,18H2,1-3H3,(H,28,34)/t26-/m0/s1. The Hall–Kier alpha value is -4.24. The van der Waals surface area contributed by atoms with Crippen LogP contribution in [-0.2, 0) is 20.9 Å². The third-order valence-corrected chi connectivity index (χ3v) is 5.81. The number of carbonyl (C=O) groups excluding carboxylic acids is 2. The Bertz CT molecular complexity index is 1340. The Kier molecular flexibility index (Phi) is 7.92. The number of anilines is 1. The fourth-order valence-electron chi connectivity index (χ4n) is 3.98. The molecule has 3 aromatic carbocycles. The Balaban J connectivity index is 1.79. The predicted molar refractivity (Wildman–Crippen MR) is 137 cm³/mol. The smallest absolute Gasteiger partial charge is 0.249 e. The van der Waals surface area contributed by atoms with Gasteiger partial charge in [0, 0.05) is 25.4 Å². The summed E-state index contributed by atoms with van der Waals surface area (Å²) >= 11 is 0. The van der Waals surface area contributed by atoms with Crippen LogP contribution >= 0.6 is 0 Å². The summed E-state index contributed by atoms with van der Waals surface area (Å²) < 4.78 is 12.0. The average molecular weight is 488 g/mol. The summed E-state index contributed by atoms with van der Waals surface area (Å²) in [6.45, 7) is 2.53. The summed E-state index contributed by atoms with van der Waals surface area (Å²) in [6.07, 6.45) is 0. The molecule has 0 fully saturated rings. The number of hydrogen-bond donors (Lipinski definition) is 1. The number of benzene rings is 3. The monoisotopic (exact) mass is 487 g/mol. The van der Waals surface area contributed by atoms with Crippen molar-refractivity contribution in [3.8, 4) is 5.75 Å². The van der Waals surface area contributed by atoms with Crippen molar-refractivity contribution in [3.05, 3.63) is 83.9 Å². The van der Waals surface area contributed by atoms with Gasteiger partial charge in [-0.3, -0.25) is 14.5 Å². The molecule has 0 aliphatic heterocycles. The van der Waals surface area contributed by atoms with Crippen LogP contribution in [0.3, 0.4) is 0 Å². The second kappa shape index (κ2) is 11.5. The van der Waals surface area contributed by atoms with E-state index >= 15 is 0 Å². The first kappa shape index (κ1) is 24.9. The Morgan fingerprint density at radius 3 is 2.56 bits per heavy atom. The number of nitrogens with one attached hydrogen (secondary N) is 1. The maximum Gasteiger partial charge on any atom is 0.249 e. The summed E-state index contributed by atoms with van der Waals surface area (Å²) in [7, 11) is 3.12. The van der Waals surface area contributed by atoms with Crippen molar-refractivity contribution in [1.82, 2.24) is 20.3 Å². The molecule has 186 valence electrons. The molecular formula is C27H29N5O4. The number of methoxy groups -OCH3 is 2. The van der Waals surface area contributed by atoms with Gasteiger partial charge in [-0.1, -0.05) is 53.2 Å². The van der Waals surface area contributed by atoms with Gasteiger partial charge in [0.1, 0.15) is 23.9 Å². The molecule has 4 rings (SSSR count). The molecule has 1 atom stereocenters. The molecule has 0 unspecified atom stereocenters. The lowest BCUT2D eigenvalue weighted by Crippen LogP contribution is -2.46. The van der Waals surface area contributed by atoms with Crippen LogP contribution in [0.25, 0.3) is 11.0 Å². The minimum atomic E-state index is -0.933. The zero-order chi connectivity index (χ0) is 25.5. The molecule has 0 aliphatic carbocycles. The highest BCUT2D eigenvalue weighted by Crippen LogP contribution is 2.31. The van der Waals surface area contributed by atoms with Gasteiger partial charge in [-0.15, -0.1) is 5.10 Å². The van der Waals surface area contributed by atoms with E-state index in [0.717, 1.165) is 11.1 Å². The van der Waals surface area contributed by atoms with Crippen LogP contribution in [0.2, 0.25) is 0 Å². The molecule has 0 saturated heterocycles. The number of aromatic nitrogens is 3. The molecule has 0 bridgehead atoms. The molecule has 1 aromatic heterocycles. The van der Waals surface area contributed by atoms with E-state index in [1.54, 1.807) is 43.2 Å². The molecule has 36 heavy (non-hydrogen) atoms. The zero-order valence-electron chi connectivity index (χ0n) is 20.5. The Morgan fingerprint density at radius 1 is 1.03 bits per heavy atom. The van der Waals surface area contributed by atoms with Crippen LogP contribution in [0.5, 0.6) is 5.75 Å². The van der Waals surface area contributed by atoms with Crippen LogP contribution in [0.1, 0.15) is 17.2 Å². The number of aryl methyl sites for hydroxylation is 1. The van der Waals surface area contributed by atoms with Crippen LogP contribution in [0.4, 0.5) is 5.69 Å². The summed E-state index contributed by atoms with van der Waals surface area (Å²) in [5, 5.41) is 11.2. The first-order chi connectivity index (χ1) is 17.5. The highest BCUT2D eigenvalue weighted by molar-refractivity contribution is 6.01. The van der Waals surface area contributed by atoms with Gasteiger partial charge < -0.3 is 14.8 Å². The summed E-state index contributed by atoms with van der Waals surface area (Å²) in [5.41, 5.74) is 3.66. The molecule has 9 heteroatoms. The number of fused-ring (bicyclic) bond motifs is 1. The lowest BCUT2D eigenvalue weighted by atomic mass is 10.0. The van der Waals surface area contributed by atoms with E-state index in [0.29, 0.717) is 35.7 Å². The summed E-state index contributed by atoms with van der Waals surface area (Å²) in [6, 6.07) is 21.1. The topological polar surface area (TPSA) is 98.6 Å². The maximum atomic E-state index is 14.0. The van der Waals surface area contributed by atoms with Gasteiger partial charge >= 0.3 is 0 Å². The molecule has 0 saturated carbocycles. The number of carbonyl (C=O) groups is 2. The van der Waals surface area contributed by atoms with Crippen molar-refractivity contribution < 1.29 is 19.1 Å². The van der Waals surface area contributed by atoms with Gasteiger partial charge in [-0.05, 0) is 36.8 Å². The summed E-state index contributed by atoms with van der Waals surface area (Å²) in [4.78, 5) is 29.0. The number of para-hydroxylation sites is 1. The van der Waals surface area contributed by atoms with E-state index in [4.69, 9.17) is 9.47 Å². The number of hydrogen-bond acceptors (Lipinski definition) is 6. The Labute approximate surface area is 209 Å². The Morgan fingerprint density at radius 2 is 1.81 bits per heavy atom. The van der Waals surface area contributed by atoms with Crippen molar-refractivity contribution in [3.63, 3.8) is 0 Å². The highest BCUT2D eigenvalue weighted by atomic mass is 16.5. The number of amides is 2. The first-order valence-corrected chi connectivity index (χ1v) is 11.6. The minimum absolute atomic E-state index is 0.106. The normalized spacial score (nSPS) is 11.8. The van der Waals surface area contributed by atoms with E-state index in [1.807, 2.05) is 55.5 Å². The van der Waals surface area contributed by atoms with Gasteiger partial charge in [0.25, 0.3) is 0 Å². The highest BCUT2D eigenvalue weighted by Gasteiger charge is 2.33. The second-order valence-electron chi connectivity index (χ2n) is 8.30. The molecule has 1 N–H and O–H groups in total. The molecule has 0 radical (unpaired) electrons. The fraction of sp³-hybridized carbons (Fsp3) is 0.259. The zero-order valence-corrected chi connectivity index (χ0v) is 20.5. The first-order valence-electron chi connectivity index (χ1n) is 11.6. The second-order valence-corrected chi connectivity index (χ2v) is 8.30. The quantitative estimate of drug-likeness (QED) is 0.345. The van der Waals surface area contributed by atoms with Crippen molar-refractivity contribution in [2.75, 3.05) is 32.3 Å². The molecular weight excluding hydrogens is 458 g/mol. The predicted octanol–water partition coefficient (Wildman–Crippen LogP) is 3.29. The number of rotatable bonds is 10. The van der Waals surface area contributed by atoms with E-state index in [2.05, 4.69) is 15.6 Å². The molecule has 2 amide bonds. The van der Waals surface area contributed by atoms with Crippen LogP contribution in [0.15, 0.2) is 72.8 Å². The summed E-state index contributed by atoms with van der Waals surface area (Å²) in [5.74, 6) is -0.0825. The molecule has 4 aromatic rings. The van der Waals surface area contributed by atoms with Gasteiger partial charge in [0.2, 0.25) is 11.8 Å². The largest absolute Gasteiger partial charge is 0.497 e. The molecule has 1 heterocycles. The third-order valence-electron chi connectivity index (χ3n) is 5.81. The van der Waals surface area contributed by atoms with Gasteiger partial charge in [0.15, 0.2) is 0 Å². The van der Waals surface area contributed by atoms with Crippen molar-refractivity contribution in [1.29, 1.82) is 0 Å². The number of nitrogens with zero attached hydrogens (tertiary/aromatic N) is 4. The maximum absolute atomic E-state index is 14.0. The van der Waals surface area contributed by atoms with E-state index in [1.165, 1.54) is 4.90 Å².